The molecule has 0 spiro atoms. The van der Waals surface area contributed by atoms with Gasteiger partial charge in [-0.05, 0) is 96.9 Å². The molecule has 0 unspecified atom stereocenters. The van der Waals surface area contributed by atoms with E-state index in [2.05, 4.69) is 153 Å². The standard InChI is InChI=1S/C46H34N4O.C8H11N/c1-2-10-32(11-3-1)49-39-15-7-4-12-34(39)37-26-30(20-24-41(37)49)31-21-25-42-38(27-31)35-13-5-8-16-40(35)50(42)33-22-18-29(19-23-33)44-46-45(48-28-47-44)36-14-6-9-17-43(36)51-46;1-4-5-6-8(2)7-9-3/h4-9,12-28,32H,1-3,10-11H2;4-6H,1-3,7H2/b;6-5-. The van der Waals surface area contributed by atoms with Crippen molar-refractivity contribution in [3.8, 4) is 28.1 Å². The minimum atomic E-state index is 0.579. The summed E-state index contributed by atoms with van der Waals surface area (Å²) in [7, 11) is 0. The lowest BCUT2D eigenvalue weighted by Gasteiger charge is -2.25. The smallest absolute Gasteiger partial charge is 0.180 e. The van der Waals surface area contributed by atoms with E-state index >= 15 is 0 Å². The summed E-state index contributed by atoms with van der Waals surface area (Å²) < 4.78 is 11.3. The summed E-state index contributed by atoms with van der Waals surface area (Å²) in [6.45, 7) is 11.2. The number of hydrogen-bond donors (Lipinski definition) is 0. The number of fused-ring (bicyclic) bond motifs is 9. The Kier molecular flexibility index (Phi) is 9.74. The van der Waals surface area contributed by atoms with Gasteiger partial charge in [0.25, 0.3) is 0 Å². The van der Waals surface area contributed by atoms with Crippen LogP contribution >= 0.6 is 0 Å². The van der Waals surface area contributed by atoms with Gasteiger partial charge >= 0.3 is 0 Å². The van der Waals surface area contributed by atoms with E-state index in [0.717, 1.165) is 39.0 Å². The normalized spacial score (nSPS) is 13.5. The average molecular weight is 780 g/mol. The van der Waals surface area contributed by atoms with Gasteiger partial charge in [0.1, 0.15) is 23.1 Å². The fourth-order valence-corrected chi connectivity index (χ4v) is 9.24. The number of para-hydroxylation sites is 3. The molecule has 11 rings (SSSR count). The number of furan rings is 1. The molecule has 1 saturated carbocycles. The van der Waals surface area contributed by atoms with Crippen LogP contribution in [-0.2, 0) is 0 Å². The second-order valence-electron chi connectivity index (χ2n) is 15.7. The van der Waals surface area contributed by atoms with E-state index in [9.17, 15) is 0 Å². The van der Waals surface area contributed by atoms with Gasteiger partial charge < -0.3 is 13.6 Å². The lowest BCUT2D eigenvalue weighted by molar-refractivity contribution is 0.367. The van der Waals surface area contributed by atoms with Crippen LogP contribution in [0.3, 0.4) is 0 Å². The molecule has 0 N–H and O–H groups in total. The van der Waals surface area contributed by atoms with Gasteiger partial charge in [-0.25, -0.2) is 9.97 Å². The van der Waals surface area contributed by atoms with Crippen molar-refractivity contribution >= 4 is 72.4 Å². The van der Waals surface area contributed by atoms with Crippen LogP contribution in [0.25, 0.3) is 93.8 Å². The maximum Gasteiger partial charge on any atom is 0.180 e. The topological polar surface area (TPSA) is 61.1 Å². The van der Waals surface area contributed by atoms with E-state index < -0.39 is 0 Å². The highest BCUT2D eigenvalue weighted by molar-refractivity contribution is 6.12. The molecule has 0 radical (unpaired) electrons. The molecule has 10 aromatic rings. The number of nitrogens with zero attached hydrogens (tertiary/aromatic N) is 5. The van der Waals surface area contributed by atoms with Gasteiger partial charge in [0, 0.05) is 55.3 Å². The monoisotopic (exact) mass is 779 g/mol. The average Bonchev–Trinajstić information content (AvgIpc) is 3.96. The van der Waals surface area contributed by atoms with E-state index in [4.69, 9.17) is 4.42 Å². The molecule has 0 aliphatic heterocycles. The van der Waals surface area contributed by atoms with Crippen molar-refractivity contribution in [2.24, 2.45) is 4.99 Å². The van der Waals surface area contributed by atoms with Gasteiger partial charge in [-0.2, -0.15) is 0 Å². The molecule has 1 aliphatic carbocycles. The summed E-state index contributed by atoms with van der Waals surface area (Å²) in [5.41, 5.74) is 13.8. The molecule has 60 heavy (non-hydrogen) atoms. The molecule has 0 bridgehead atoms. The Balaban J connectivity index is 0.000000435. The lowest BCUT2D eigenvalue weighted by Crippen LogP contribution is -2.12. The second-order valence-corrected chi connectivity index (χ2v) is 15.7. The van der Waals surface area contributed by atoms with Crippen LogP contribution in [0.5, 0.6) is 0 Å². The highest BCUT2D eigenvalue weighted by Crippen LogP contribution is 2.41. The molecule has 6 heteroatoms. The van der Waals surface area contributed by atoms with Crippen LogP contribution in [-0.4, -0.2) is 32.4 Å². The van der Waals surface area contributed by atoms with Gasteiger partial charge in [0.05, 0.1) is 17.6 Å². The van der Waals surface area contributed by atoms with Crippen LogP contribution in [0.1, 0.15) is 38.1 Å². The molecule has 1 fully saturated rings. The molecule has 6 aromatic carbocycles. The quantitative estimate of drug-likeness (QED) is 0.114. The van der Waals surface area contributed by atoms with E-state index in [1.54, 1.807) is 12.4 Å². The Bertz CT molecular complexity index is 3280. The van der Waals surface area contributed by atoms with Crippen molar-refractivity contribution in [3.63, 3.8) is 0 Å². The highest BCUT2D eigenvalue weighted by Gasteiger charge is 2.22. The molecule has 0 saturated heterocycles. The third-order valence-electron chi connectivity index (χ3n) is 12.0. The first-order chi connectivity index (χ1) is 29.6. The third-order valence-corrected chi connectivity index (χ3v) is 12.0. The minimum absolute atomic E-state index is 0.579. The van der Waals surface area contributed by atoms with Crippen LogP contribution in [0, 0.1) is 0 Å². The molecule has 4 heterocycles. The van der Waals surface area contributed by atoms with Crippen molar-refractivity contribution in [2.45, 2.75) is 38.1 Å². The summed E-state index contributed by atoms with van der Waals surface area (Å²) >= 11 is 0. The second kappa shape index (κ2) is 15.8. The predicted molar refractivity (Wildman–Crippen MR) is 253 cm³/mol. The molecule has 0 atom stereocenters. The summed E-state index contributed by atoms with van der Waals surface area (Å²) in [5, 5.41) is 6.19. The van der Waals surface area contributed by atoms with Crippen molar-refractivity contribution in [1.29, 1.82) is 0 Å². The van der Waals surface area contributed by atoms with Crippen LogP contribution in [0.15, 0.2) is 186 Å². The Labute approximate surface area is 349 Å². The van der Waals surface area contributed by atoms with Crippen molar-refractivity contribution in [2.75, 3.05) is 6.54 Å². The van der Waals surface area contributed by atoms with Crippen molar-refractivity contribution in [1.82, 2.24) is 19.1 Å². The fraction of sp³-hybridized carbons (Fsp3) is 0.130. The number of rotatable bonds is 8. The molecule has 4 aromatic heterocycles. The van der Waals surface area contributed by atoms with Crippen molar-refractivity contribution in [3.05, 3.63) is 177 Å². The van der Waals surface area contributed by atoms with Crippen LogP contribution in [0.2, 0.25) is 0 Å². The first kappa shape index (κ1) is 37.0. The van der Waals surface area contributed by atoms with Crippen LogP contribution in [0.4, 0.5) is 0 Å². The Morgan fingerprint density at radius 2 is 1.27 bits per heavy atom. The molecule has 1 aliphatic rings. The van der Waals surface area contributed by atoms with E-state index in [1.807, 2.05) is 36.4 Å². The van der Waals surface area contributed by atoms with Gasteiger partial charge in [0.2, 0.25) is 0 Å². The van der Waals surface area contributed by atoms with Gasteiger partial charge in [0.15, 0.2) is 5.58 Å². The van der Waals surface area contributed by atoms with E-state index in [0.29, 0.717) is 18.2 Å². The van der Waals surface area contributed by atoms with Crippen molar-refractivity contribution < 1.29 is 4.42 Å². The summed E-state index contributed by atoms with van der Waals surface area (Å²) in [6.07, 6.45) is 13.6. The molecule has 292 valence electrons. The van der Waals surface area contributed by atoms with Gasteiger partial charge in [-0.3, -0.25) is 4.99 Å². The first-order valence-electron chi connectivity index (χ1n) is 20.8. The largest absolute Gasteiger partial charge is 0.452 e. The Morgan fingerprint density at radius 3 is 2.00 bits per heavy atom. The maximum absolute atomic E-state index is 6.25. The Hall–Kier alpha value is -7.31. The molecular formula is C54H45N5O. The van der Waals surface area contributed by atoms with Crippen LogP contribution < -0.4 is 0 Å². The number of hydrogen-bond acceptors (Lipinski definition) is 4. The zero-order chi connectivity index (χ0) is 40.6. The number of allylic oxidation sites excluding steroid dienone is 2. The molecule has 6 nitrogen and oxygen atoms in total. The number of aliphatic imine (C=N–C) groups is 1. The molecule has 0 amide bonds. The first-order valence-corrected chi connectivity index (χ1v) is 20.8. The molecular weight excluding hydrogens is 735 g/mol. The number of benzene rings is 6. The zero-order valence-electron chi connectivity index (χ0n) is 33.6. The predicted octanol–water partition coefficient (Wildman–Crippen LogP) is 14.4. The van der Waals surface area contributed by atoms with E-state index in [-0.39, 0.29) is 0 Å². The highest BCUT2D eigenvalue weighted by atomic mass is 16.3. The Morgan fingerprint density at radius 1 is 0.667 bits per heavy atom. The summed E-state index contributed by atoms with van der Waals surface area (Å²) in [6, 6.07) is 49.0. The maximum atomic E-state index is 6.25. The number of aromatic nitrogens is 4. The lowest BCUT2D eigenvalue weighted by atomic mass is 9.95. The van der Waals surface area contributed by atoms with E-state index in [1.165, 1.54) is 86.8 Å². The van der Waals surface area contributed by atoms with Gasteiger partial charge in [-0.15, -0.1) is 0 Å². The third kappa shape index (κ3) is 6.51. The SMILES string of the molecule is C=C/C=C\C(=C)CN=C.c1ccc2c(c1)oc1c(-c3ccc(-n4c5ccccc5c5cc(-c6ccc7c(c6)c6ccccc6n7C6CCCCC6)ccc54)cc3)ncnc12. The summed E-state index contributed by atoms with van der Waals surface area (Å²) in [5.74, 6) is 0. The zero-order valence-corrected chi connectivity index (χ0v) is 33.6. The fourth-order valence-electron chi connectivity index (χ4n) is 9.24. The minimum Gasteiger partial charge on any atom is -0.452 e. The summed E-state index contributed by atoms with van der Waals surface area (Å²) in [4.78, 5) is 12.9. The van der Waals surface area contributed by atoms with Gasteiger partial charge in [-0.1, -0.05) is 123 Å².